The molecule has 0 spiro atoms. The molecule has 4 aromatic rings. The second kappa shape index (κ2) is 8.82. The van der Waals surface area contributed by atoms with Crippen molar-refractivity contribution in [2.45, 2.75) is 40.2 Å². The molecule has 8 heteroatoms. The van der Waals surface area contributed by atoms with Crippen LogP contribution in [0.25, 0.3) is 11.0 Å². The third kappa shape index (κ3) is 4.21. The van der Waals surface area contributed by atoms with Gasteiger partial charge in [0.15, 0.2) is 5.65 Å². The molecule has 0 radical (unpaired) electrons. The number of imidazole rings is 1. The summed E-state index contributed by atoms with van der Waals surface area (Å²) in [5.74, 6) is 1.51. The maximum atomic E-state index is 12.6. The van der Waals surface area contributed by atoms with Gasteiger partial charge >= 0.3 is 0 Å². The molecule has 0 atom stereocenters. The minimum atomic E-state index is -0.0275. The van der Waals surface area contributed by atoms with Gasteiger partial charge in [-0.25, -0.2) is 14.6 Å². The van der Waals surface area contributed by atoms with Gasteiger partial charge in [-0.2, -0.15) is 0 Å². The van der Waals surface area contributed by atoms with Gasteiger partial charge < -0.3 is 14.6 Å². The number of amides is 1. The average molecular weight is 433 g/mol. The molecule has 0 fully saturated rings. The Hall–Kier alpha value is -3.68. The highest BCUT2D eigenvalue weighted by molar-refractivity contribution is 5.91. The van der Waals surface area contributed by atoms with Crippen molar-refractivity contribution in [3.63, 3.8) is 0 Å². The summed E-state index contributed by atoms with van der Waals surface area (Å²) in [6, 6.07) is 7.92. The van der Waals surface area contributed by atoms with Crippen LogP contribution in [0.5, 0.6) is 5.88 Å². The first-order chi connectivity index (χ1) is 15.4. The average Bonchev–Trinajstić information content (AvgIpc) is 3.31. The van der Waals surface area contributed by atoms with Crippen LogP contribution in [-0.2, 0) is 24.8 Å². The van der Waals surface area contributed by atoms with Crippen LogP contribution in [0.1, 0.15) is 34.6 Å². The van der Waals surface area contributed by atoms with Gasteiger partial charge in [0, 0.05) is 43.8 Å². The Balaban J connectivity index is 1.42. The van der Waals surface area contributed by atoms with E-state index in [4.69, 9.17) is 9.72 Å². The Labute approximate surface area is 187 Å². The smallest absolute Gasteiger partial charge is 0.242 e. The summed E-state index contributed by atoms with van der Waals surface area (Å²) < 4.78 is 9.23. The van der Waals surface area contributed by atoms with Crippen molar-refractivity contribution in [3.05, 3.63) is 64.9 Å². The molecular formula is C24H28N6O2. The van der Waals surface area contributed by atoms with Gasteiger partial charge in [0.05, 0.1) is 12.5 Å². The molecule has 1 aromatic carbocycles. The van der Waals surface area contributed by atoms with Crippen LogP contribution in [0, 0.1) is 20.8 Å². The Morgan fingerprint density at radius 3 is 2.56 bits per heavy atom. The van der Waals surface area contributed by atoms with Crippen molar-refractivity contribution in [1.29, 1.82) is 0 Å². The number of aromatic nitrogens is 5. The van der Waals surface area contributed by atoms with Crippen LogP contribution in [0.15, 0.2) is 36.7 Å². The Kier molecular flexibility index (Phi) is 5.94. The zero-order valence-corrected chi connectivity index (χ0v) is 19.1. The quantitative estimate of drug-likeness (QED) is 0.481. The number of nitrogens with zero attached hydrogens (tertiary/aromatic N) is 5. The number of anilines is 1. The third-order valence-electron chi connectivity index (χ3n) is 5.83. The maximum absolute atomic E-state index is 12.6. The highest BCUT2D eigenvalue weighted by atomic mass is 16.5. The SMILES string of the molecule is COc1nn(C)c2nc(C)c(CCC(=O)Nc3ccc(Cn4ccnc4C)cc3)c(C)c12. The molecular weight excluding hydrogens is 404 g/mol. The van der Waals surface area contributed by atoms with Gasteiger partial charge in [0.2, 0.25) is 11.8 Å². The van der Waals surface area contributed by atoms with Gasteiger partial charge in [-0.15, -0.1) is 5.10 Å². The van der Waals surface area contributed by atoms with Gasteiger partial charge in [-0.1, -0.05) is 12.1 Å². The molecule has 0 unspecified atom stereocenters. The van der Waals surface area contributed by atoms with E-state index in [2.05, 4.69) is 20.0 Å². The first-order valence-corrected chi connectivity index (χ1v) is 10.6. The molecule has 0 aliphatic heterocycles. The zero-order valence-electron chi connectivity index (χ0n) is 19.1. The second-order valence-corrected chi connectivity index (χ2v) is 7.98. The molecule has 32 heavy (non-hydrogen) atoms. The molecule has 0 saturated heterocycles. The summed E-state index contributed by atoms with van der Waals surface area (Å²) in [5.41, 5.74) is 5.76. The number of hydrogen-bond acceptors (Lipinski definition) is 5. The minimum Gasteiger partial charge on any atom is -0.479 e. The first-order valence-electron chi connectivity index (χ1n) is 10.6. The van der Waals surface area contributed by atoms with Gasteiger partial charge in [0.25, 0.3) is 0 Å². The van der Waals surface area contributed by atoms with E-state index >= 15 is 0 Å². The summed E-state index contributed by atoms with van der Waals surface area (Å²) in [4.78, 5) is 21.5. The number of carbonyl (C=O) groups excluding carboxylic acids is 1. The molecule has 1 amide bonds. The molecule has 3 heterocycles. The fourth-order valence-electron chi connectivity index (χ4n) is 4.03. The van der Waals surface area contributed by atoms with E-state index in [-0.39, 0.29) is 5.91 Å². The number of carbonyl (C=O) groups is 1. The number of benzene rings is 1. The normalized spacial score (nSPS) is 11.2. The van der Waals surface area contributed by atoms with Crippen molar-refractivity contribution >= 4 is 22.6 Å². The van der Waals surface area contributed by atoms with Gasteiger partial charge in [-0.05, 0) is 56.0 Å². The maximum Gasteiger partial charge on any atom is 0.242 e. The zero-order chi connectivity index (χ0) is 22.8. The van der Waals surface area contributed by atoms with E-state index in [0.29, 0.717) is 18.7 Å². The standard InChI is InChI=1S/C24H28N6O2/c1-15-20(16(2)26-23-22(15)24(32-5)28-29(23)4)10-11-21(31)27-19-8-6-18(7-9-19)14-30-13-12-25-17(30)3/h6-9,12-13H,10-11,14H2,1-5H3,(H,27,31). The van der Waals surface area contributed by atoms with Crippen molar-refractivity contribution < 1.29 is 9.53 Å². The predicted octanol–water partition coefficient (Wildman–Crippen LogP) is 3.72. The van der Waals surface area contributed by atoms with Crippen LogP contribution in [0.4, 0.5) is 5.69 Å². The molecule has 4 rings (SSSR count). The molecule has 0 aliphatic rings. The summed E-state index contributed by atoms with van der Waals surface area (Å²) >= 11 is 0. The first kappa shape index (κ1) is 21.5. The van der Waals surface area contributed by atoms with Crippen LogP contribution < -0.4 is 10.1 Å². The molecule has 3 aromatic heterocycles. The van der Waals surface area contributed by atoms with E-state index in [9.17, 15) is 4.79 Å². The van der Waals surface area contributed by atoms with Crippen molar-refractivity contribution in [3.8, 4) is 5.88 Å². The third-order valence-corrected chi connectivity index (χ3v) is 5.83. The van der Waals surface area contributed by atoms with Crippen LogP contribution in [0.3, 0.4) is 0 Å². The number of ether oxygens (including phenoxy) is 1. The van der Waals surface area contributed by atoms with E-state index in [0.717, 1.165) is 51.5 Å². The van der Waals surface area contributed by atoms with Gasteiger partial charge in [-0.3, -0.25) is 4.79 Å². The summed E-state index contributed by atoms with van der Waals surface area (Å²) in [6.45, 7) is 6.75. The number of nitrogens with one attached hydrogen (secondary N) is 1. The van der Waals surface area contributed by atoms with Crippen LogP contribution >= 0.6 is 0 Å². The Morgan fingerprint density at radius 1 is 1.16 bits per heavy atom. The molecule has 1 N–H and O–H groups in total. The highest BCUT2D eigenvalue weighted by Gasteiger charge is 2.18. The fourth-order valence-corrected chi connectivity index (χ4v) is 4.03. The number of pyridine rings is 1. The number of aryl methyl sites for hydroxylation is 4. The predicted molar refractivity (Wildman–Crippen MR) is 124 cm³/mol. The van der Waals surface area contributed by atoms with E-state index in [1.165, 1.54) is 0 Å². The Bertz CT molecular complexity index is 1270. The molecule has 0 bridgehead atoms. The summed E-state index contributed by atoms with van der Waals surface area (Å²) in [7, 11) is 3.46. The van der Waals surface area contributed by atoms with Gasteiger partial charge in [0.1, 0.15) is 5.82 Å². The molecule has 0 saturated carbocycles. The van der Waals surface area contributed by atoms with E-state index in [1.54, 1.807) is 18.0 Å². The minimum absolute atomic E-state index is 0.0275. The van der Waals surface area contributed by atoms with Crippen molar-refractivity contribution in [2.75, 3.05) is 12.4 Å². The molecule has 166 valence electrons. The second-order valence-electron chi connectivity index (χ2n) is 7.98. The number of methoxy groups -OCH3 is 1. The highest BCUT2D eigenvalue weighted by Crippen LogP contribution is 2.30. The summed E-state index contributed by atoms with van der Waals surface area (Å²) in [5, 5.41) is 8.28. The van der Waals surface area contributed by atoms with Crippen LogP contribution in [-0.4, -0.2) is 37.3 Å². The van der Waals surface area contributed by atoms with Crippen LogP contribution in [0.2, 0.25) is 0 Å². The van der Waals surface area contributed by atoms with Crippen molar-refractivity contribution in [2.24, 2.45) is 7.05 Å². The lowest BCUT2D eigenvalue weighted by atomic mass is 10.00. The van der Waals surface area contributed by atoms with E-state index in [1.807, 2.05) is 58.3 Å². The van der Waals surface area contributed by atoms with Crippen molar-refractivity contribution in [1.82, 2.24) is 24.3 Å². The van der Waals surface area contributed by atoms with E-state index < -0.39 is 0 Å². The molecule has 0 aliphatic carbocycles. The fraction of sp³-hybridized carbons (Fsp3) is 0.333. The molecule has 8 nitrogen and oxygen atoms in total. The Morgan fingerprint density at radius 2 is 1.91 bits per heavy atom. The monoisotopic (exact) mass is 432 g/mol. The lowest BCUT2D eigenvalue weighted by Crippen LogP contribution is -2.13. The lowest BCUT2D eigenvalue weighted by Gasteiger charge is -2.12. The largest absolute Gasteiger partial charge is 0.479 e. The lowest BCUT2D eigenvalue weighted by molar-refractivity contribution is -0.116. The number of fused-ring (bicyclic) bond motifs is 1. The number of rotatable bonds is 7. The number of hydrogen-bond donors (Lipinski definition) is 1. The summed E-state index contributed by atoms with van der Waals surface area (Å²) in [6.07, 6.45) is 4.73. The topological polar surface area (TPSA) is 86.9 Å².